The number of amides is 1. The lowest BCUT2D eigenvalue weighted by atomic mass is 9.96. The Morgan fingerprint density at radius 3 is 2.60 bits per heavy atom. The Balaban J connectivity index is 1.86. The van der Waals surface area contributed by atoms with Crippen molar-refractivity contribution in [2.24, 2.45) is 5.41 Å². The van der Waals surface area contributed by atoms with E-state index in [0.29, 0.717) is 11.4 Å². The summed E-state index contributed by atoms with van der Waals surface area (Å²) in [6, 6.07) is 3.42. The maximum atomic E-state index is 12.1. The van der Waals surface area contributed by atoms with Crippen molar-refractivity contribution in [1.29, 1.82) is 0 Å². The van der Waals surface area contributed by atoms with E-state index in [9.17, 15) is 14.4 Å². The Morgan fingerprint density at radius 1 is 1.20 bits per heavy atom. The van der Waals surface area contributed by atoms with Gasteiger partial charge in [0.05, 0.1) is 17.6 Å². The number of hydrogen-bond donors (Lipinski definition) is 1. The molecule has 2 rings (SSSR count). The van der Waals surface area contributed by atoms with Crippen LogP contribution >= 0.6 is 11.3 Å². The molecule has 2 aromatic rings. The van der Waals surface area contributed by atoms with Gasteiger partial charge in [0.15, 0.2) is 12.3 Å². The summed E-state index contributed by atoms with van der Waals surface area (Å²) in [5, 5.41) is 2.82. The Hall–Kier alpha value is -2.61. The van der Waals surface area contributed by atoms with Crippen molar-refractivity contribution in [2.75, 3.05) is 6.61 Å². The maximum Gasteiger partial charge on any atom is 0.358 e. The Bertz CT molecular complexity index is 766. The lowest BCUT2D eigenvalue weighted by molar-refractivity contribution is -0.128. The molecule has 1 N–H and O–H groups in total. The van der Waals surface area contributed by atoms with Gasteiger partial charge in [0.2, 0.25) is 11.7 Å². The molecule has 0 fully saturated rings. The number of ketones is 1. The first kappa shape index (κ1) is 18.7. The van der Waals surface area contributed by atoms with Crippen LogP contribution in [0.25, 0.3) is 0 Å². The molecule has 2 heterocycles. The summed E-state index contributed by atoms with van der Waals surface area (Å²) in [5.41, 5.74) is -0.420. The first-order valence-electron chi connectivity index (χ1n) is 7.60. The lowest BCUT2D eigenvalue weighted by Crippen LogP contribution is -2.34. The van der Waals surface area contributed by atoms with Gasteiger partial charge in [0, 0.05) is 22.7 Å². The topological polar surface area (TPSA) is 98.2 Å². The molecule has 0 aliphatic heterocycles. The van der Waals surface area contributed by atoms with Gasteiger partial charge in [-0.25, -0.2) is 9.78 Å². The Morgan fingerprint density at radius 2 is 1.96 bits per heavy atom. The number of esters is 1. The number of hydrogen-bond acceptors (Lipinski definition) is 7. The van der Waals surface area contributed by atoms with Crippen LogP contribution in [0.3, 0.4) is 0 Å². The zero-order valence-electron chi connectivity index (χ0n) is 14.2. The number of nitrogens with one attached hydrogen (secondary N) is 1. The van der Waals surface area contributed by atoms with E-state index in [4.69, 9.17) is 4.74 Å². The van der Waals surface area contributed by atoms with Gasteiger partial charge in [-0.1, -0.05) is 20.8 Å². The van der Waals surface area contributed by atoms with E-state index < -0.39 is 11.4 Å². The molecule has 1 amide bonds. The molecule has 0 saturated heterocycles. The largest absolute Gasteiger partial charge is 0.452 e. The van der Waals surface area contributed by atoms with Gasteiger partial charge in [-0.2, -0.15) is 0 Å². The molecule has 25 heavy (non-hydrogen) atoms. The smallest absolute Gasteiger partial charge is 0.358 e. The minimum Gasteiger partial charge on any atom is -0.452 e. The average molecular weight is 361 g/mol. The molecule has 0 saturated carbocycles. The Labute approximate surface area is 149 Å². The van der Waals surface area contributed by atoms with Crippen LogP contribution in [-0.2, 0) is 16.1 Å². The van der Waals surface area contributed by atoms with Crippen molar-refractivity contribution in [2.45, 2.75) is 27.3 Å². The molecule has 8 heteroatoms. The number of rotatable bonds is 6. The number of thiophene rings is 1. The summed E-state index contributed by atoms with van der Waals surface area (Å²) in [6.45, 7) is 5.47. The molecule has 7 nitrogen and oxygen atoms in total. The van der Waals surface area contributed by atoms with Crippen molar-refractivity contribution in [3.05, 3.63) is 46.2 Å². The highest BCUT2D eigenvalue weighted by atomic mass is 32.1. The van der Waals surface area contributed by atoms with Gasteiger partial charge in [0.1, 0.15) is 0 Å². The van der Waals surface area contributed by atoms with Crippen LogP contribution in [0.15, 0.2) is 30.7 Å². The van der Waals surface area contributed by atoms with Gasteiger partial charge in [0.25, 0.3) is 0 Å². The molecular weight excluding hydrogens is 342 g/mol. The van der Waals surface area contributed by atoms with Gasteiger partial charge in [-0.15, -0.1) is 11.3 Å². The third kappa shape index (κ3) is 5.46. The highest BCUT2D eigenvalue weighted by molar-refractivity contribution is 7.14. The molecule has 0 atom stereocenters. The second-order valence-electron chi connectivity index (χ2n) is 6.29. The van der Waals surface area contributed by atoms with Gasteiger partial charge in [-0.05, 0) is 12.1 Å². The minimum absolute atomic E-state index is 0.0482. The van der Waals surface area contributed by atoms with E-state index in [-0.39, 0.29) is 24.0 Å². The van der Waals surface area contributed by atoms with E-state index >= 15 is 0 Å². The Kier molecular flexibility index (Phi) is 5.97. The molecule has 0 aliphatic carbocycles. The summed E-state index contributed by atoms with van der Waals surface area (Å²) in [6.07, 6.45) is 4.08. The fourth-order valence-corrected chi connectivity index (χ4v) is 2.61. The van der Waals surface area contributed by atoms with Crippen LogP contribution in [-0.4, -0.2) is 34.2 Å². The van der Waals surface area contributed by atoms with E-state index in [0.717, 1.165) is 4.88 Å². The number of Topliss-reactive ketones (excluding diaryl/α,β-unsaturated/α-hetero) is 1. The van der Waals surface area contributed by atoms with Crippen LogP contribution in [0, 0.1) is 5.41 Å². The highest BCUT2D eigenvalue weighted by Crippen LogP contribution is 2.18. The van der Waals surface area contributed by atoms with Crippen molar-refractivity contribution in [1.82, 2.24) is 15.3 Å². The van der Waals surface area contributed by atoms with Crippen LogP contribution in [0.5, 0.6) is 0 Å². The van der Waals surface area contributed by atoms with Crippen molar-refractivity contribution >= 4 is 29.0 Å². The summed E-state index contributed by atoms with van der Waals surface area (Å²) in [4.78, 5) is 44.6. The van der Waals surface area contributed by atoms with E-state index in [1.165, 1.54) is 29.9 Å². The van der Waals surface area contributed by atoms with E-state index in [1.807, 2.05) is 20.8 Å². The van der Waals surface area contributed by atoms with Crippen LogP contribution in [0.4, 0.5) is 0 Å². The van der Waals surface area contributed by atoms with Crippen LogP contribution in [0.1, 0.15) is 45.8 Å². The average Bonchev–Trinajstić information content (AvgIpc) is 3.06. The molecule has 0 bridgehead atoms. The SMILES string of the molecule is CC(C)(C)C(=O)NCc1ccc(C(=O)COC(=O)c2cnccn2)s1. The lowest BCUT2D eigenvalue weighted by Gasteiger charge is -2.17. The second-order valence-corrected chi connectivity index (χ2v) is 7.46. The molecule has 0 radical (unpaired) electrons. The normalized spacial score (nSPS) is 11.0. The summed E-state index contributed by atoms with van der Waals surface area (Å²) < 4.78 is 4.94. The quantitative estimate of drug-likeness (QED) is 0.626. The predicted octanol–water partition coefficient (Wildman–Crippen LogP) is 2.24. The molecule has 0 spiro atoms. The molecule has 2 aromatic heterocycles. The number of carbonyl (C=O) groups excluding carboxylic acids is 3. The van der Waals surface area contributed by atoms with Crippen molar-refractivity contribution in [3.63, 3.8) is 0 Å². The summed E-state index contributed by atoms with van der Waals surface area (Å²) in [5.74, 6) is -1.07. The highest BCUT2D eigenvalue weighted by Gasteiger charge is 2.21. The third-order valence-electron chi connectivity index (χ3n) is 3.15. The fourth-order valence-electron chi connectivity index (χ4n) is 1.74. The summed E-state index contributed by atoms with van der Waals surface area (Å²) >= 11 is 1.26. The van der Waals surface area contributed by atoms with Crippen LogP contribution < -0.4 is 5.32 Å². The molecule has 132 valence electrons. The van der Waals surface area contributed by atoms with Gasteiger partial charge < -0.3 is 10.1 Å². The summed E-state index contributed by atoms with van der Waals surface area (Å²) in [7, 11) is 0. The molecular formula is C17H19N3O4S. The zero-order chi connectivity index (χ0) is 18.4. The maximum absolute atomic E-state index is 12.1. The van der Waals surface area contributed by atoms with Crippen molar-refractivity contribution in [3.8, 4) is 0 Å². The molecule has 0 aliphatic rings. The van der Waals surface area contributed by atoms with E-state index in [2.05, 4.69) is 15.3 Å². The first-order chi connectivity index (χ1) is 11.8. The van der Waals surface area contributed by atoms with Crippen molar-refractivity contribution < 1.29 is 19.1 Å². The zero-order valence-corrected chi connectivity index (χ0v) is 15.1. The molecule has 0 aromatic carbocycles. The third-order valence-corrected chi connectivity index (χ3v) is 4.27. The second kappa shape index (κ2) is 7.98. The predicted molar refractivity (Wildman–Crippen MR) is 92.3 cm³/mol. The monoisotopic (exact) mass is 361 g/mol. The first-order valence-corrected chi connectivity index (χ1v) is 8.42. The van der Waals surface area contributed by atoms with Gasteiger partial charge in [-0.3, -0.25) is 14.6 Å². The van der Waals surface area contributed by atoms with E-state index in [1.54, 1.807) is 12.1 Å². The number of nitrogens with zero attached hydrogens (tertiary/aromatic N) is 2. The number of ether oxygens (including phenoxy) is 1. The number of carbonyl (C=O) groups is 3. The minimum atomic E-state index is -0.698. The molecule has 0 unspecified atom stereocenters. The van der Waals surface area contributed by atoms with Crippen LogP contribution in [0.2, 0.25) is 0 Å². The fraction of sp³-hybridized carbons (Fsp3) is 0.353. The standard InChI is InChI=1S/C17H19N3O4S/c1-17(2,3)16(23)20-8-11-4-5-14(25-11)13(21)10-24-15(22)12-9-18-6-7-19-12/h4-7,9H,8,10H2,1-3H3,(H,20,23). The number of aromatic nitrogens is 2. The van der Waals surface area contributed by atoms with Gasteiger partial charge >= 0.3 is 5.97 Å².